The molecule has 0 aromatic carbocycles. The highest BCUT2D eigenvalue weighted by Crippen LogP contribution is 2.39. The van der Waals surface area contributed by atoms with Gasteiger partial charge in [0.25, 0.3) is 0 Å². The first-order chi connectivity index (χ1) is 8.60. The zero-order valence-electron chi connectivity index (χ0n) is 11.7. The SMILES string of the molecule is C=CC1CCCC(/C=C(\C)C(=O)O)C1CCCC. The quantitative estimate of drug-likeness (QED) is 0.559. The summed E-state index contributed by atoms with van der Waals surface area (Å²) in [5, 5.41) is 9.01. The largest absolute Gasteiger partial charge is 0.478 e. The van der Waals surface area contributed by atoms with Crippen molar-refractivity contribution in [3.05, 3.63) is 24.3 Å². The van der Waals surface area contributed by atoms with E-state index in [4.69, 9.17) is 5.11 Å². The van der Waals surface area contributed by atoms with Crippen molar-refractivity contribution in [2.75, 3.05) is 0 Å². The molecule has 102 valence electrons. The molecule has 1 rings (SSSR count). The van der Waals surface area contributed by atoms with Gasteiger partial charge >= 0.3 is 5.97 Å². The second-order valence-corrected chi connectivity index (χ2v) is 5.46. The Kier molecular flexibility index (Phi) is 6.17. The average Bonchev–Trinajstić information content (AvgIpc) is 2.36. The van der Waals surface area contributed by atoms with Crippen molar-refractivity contribution in [1.29, 1.82) is 0 Å². The van der Waals surface area contributed by atoms with Crippen molar-refractivity contribution in [3.8, 4) is 0 Å². The number of hydrogen-bond donors (Lipinski definition) is 1. The van der Waals surface area contributed by atoms with Gasteiger partial charge in [-0.25, -0.2) is 4.79 Å². The average molecular weight is 250 g/mol. The minimum atomic E-state index is -0.787. The van der Waals surface area contributed by atoms with E-state index in [1.54, 1.807) is 6.92 Å². The van der Waals surface area contributed by atoms with E-state index in [9.17, 15) is 4.79 Å². The summed E-state index contributed by atoms with van der Waals surface area (Å²) in [7, 11) is 0. The molecule has 1 fully saturated rings. The first-order valence-corrected chi connectivity index (χ1v) is 7.14. The molecule has 0 aromatic rings. The summed E-state index contributed by atoms with van der Waals surface area (Å²) < 4.78 is 0. The maximum absolute atomic E-state index is 11.0. The van der Waals surface area contributed by atoms with Crippen LogP contribution in [0.4, 0.5) is 0 Å². The fourth-order valence-corrected chi connectivity index (χ4v) is 3.09. The molecule has 1 aliphatic rings. The van der Waals surface area contributed by atoms with E-state index >= 15 is 0 Å². The van der Waals surface area contributed by atoms with Crippen molar-refractivity contribution in [1.82, 2.24) is 0 Å². The summed E-state index contributed by atoms with van der Waals surface area (Å²) in [5.74, 6) is 0.785. The van der Waals surface area contributed by atoms with Crippen LogP contribution in [0.2, 0.25) is 0 Å². The maximum atomic E-state index is 11.0. The van der Waals surface area contributed by atoms with Crippen LogP contribution in [0.1, 0.15) is 52.4 Å². The summed E-state index contributed by atoms with van der Waals surface area (Å²) in [6.45, 7) is 7.87. The number of aliphatic carboxylic acids is 1. The van der Waals surface area contributed by atoms with Crippen LogP contribution in [-0.2, 0) is 4.79 Å². The number of allylic oxidation sites excluding steroid dienone is 2. The number of unbranched alkanes of at least 4 members (excludes halogenated alkanes) is 1. The Hall–Kier alpha value is -1.05. The Balaban J connectivity index is 2.80. The van der Waals surface area contributed by atoms with Gasteiger partial charge in [-0.05, 0) is 43.9 Å². The highest BCUT2D eigenvalue weighted by molar-refractivity contribution is 5.85. The Morgan fingerprint density at radius 2 is 2.06 bits per heavy atom. The molecule has 3 atom stereocenters. The molecule has 0 aliphatic heterocycles. The van der Waals surface area contributed by atoms with Crippen molar-refractivity contribution in [2.45, 2.75) is 52.4 Å². The highest BCUT2D eigenvalue weighted by atomic mass is 16.4. The summed E-state index contributed by atoms with van der Waals surface area (Å²) in [6.07, 6.45) is 11.2. The predicted octanol–water partition coefficient (Wildman–Crippen LogP) is 4.43. The molecular weight excluding hydrogens is 224 g/mol. The van der Waals surface area contributed by atoms with Crippen molar-refractivity contribution in [2.24, 2.45) is 17.8 Å². The molecule has 18 heavy (non-hydrogen) atoms. The van der Waals surface area contributed by atoms with Gasteiger partial charge in [0.2, 0.25) is 0 Å². The number of carboxylic acids is 1. The van der Waals surface area contributed by atoms with E-state index in [0.29, 0.717) is 23.3 Å². The van der Waals surface area contributed by atoms with E-state index in [-0.39, 0.29) is 0 Å². The van der Waals surface area contributed by atoms with Crippen molar-refractivity contribution >= 4 is 5.97 Å². The fourth-order valence-electron chi connectivity index (χ4n) is 3.09. The van der Waals surface area contributed by atoms with Gasteiger partial charge in [-0.2, -0.15) is 0 Å². The van der Waals surface area contributed by atoms with Gasteiger partial charge in [0.1, 0.15) is 0 Å². The molecule has 0 bridgehead atoms. The normalized spacial score (nSPS) is 29.0. The minimum Gasteiger partial charge on any atom is -0.478 e. The van der Waals surface area contributed by atoms with Crippen LogP contribution in [-0.4, -0.2) is 11.1 Å². The summed E-state index contributed by atoms with van der Waals surface area (Å²) >= 11 is 0. The first kappa shape index (κ1) is 15.0. The Labute approximate surface area is 111 Å². The van der Waals surface area contributed by atoms with Crippen molar-refractivity contribution < 1.29 is 9.90 Å². The molecule has 1 saturated carbocycles. The van der Waals surface area contributed by atoms with Gasteiger partial charge in [-0.1, -0.05) is 38.3 Å². The number of carbonyl (C=O) groups is 1. The fraction of sp³-hybridized carbons (Fsp3) is 0.688. The molecule has 0 amide bonds. The molecule has 1 N–H and O–H groups in total. The Morgan fingerprint density at radius 1 is 1.39 bits per heavy atom. The zero-order chi connectivity index (χ0) is 13.5. The molecule has 0 aromatic heterocycles. The summed E-state index contributed by atoms with van der Waals surface area (Å²) in [4.78, 5) is 11.0. The molecular formula is C16H26O2. The van der Waals surface area contributed by atoms with Gasteiger partial charge < -0.3 is 5.11 Å². The number of rotatable bonds is 6. The third-order valence-corrected chi connectivity index (χ3v) is 4.17. The topological polar surface area (TPSA) is 37.3 Å². The lowest BCUT2D eigenvalue weighted by atomic mass is 9.69. The number of hydrogen-bond acceptors (Lipinski definition) is 1. The Bertz CT molecular complexity index is 317. The van der Waals surface area contributed by atoms with Crippen LogP contribution in [0.3, 0.4) is 0 Å². The molecule has 0 spiro atoms. The van der Waals surface area contributed by atoms with E-state index in [1.165, 1.54) is 32.1 Å². The molecule has 2 nitrogen and oxygen atoms in total. The summed E-state index contributed by atoms with van der Waals surface area (Å²) in [6, 6.07) is 0. The molecule has 3 unspecified atom stereocenters. The van der Waals surface area contributed by atoms with E-state index < -0.39 is 5.97 Å². The molecule has 0 radical (unpaired) electrons. The lowest BCUT2D eigenvalue weighted by Crippen LogP contribution is -2.26. The van der Waals surface area contributed by atoms with Crippen LogP contribution >= 0.6 is 0 Å². The standard InChI is InChI=1S/C16H26O2/c1-4-6-10-15-13(5-2)8-7-9-14(15)11-12(3)16(17)18/h5,11,13-15H,2,4,6-10H2,1,3H3,(H,17,18)/b12-11+. The lowest BCUT2D eigenvalue weighted by molar-refractivity contribution is -0.132. The van der Waals surface area contributed by atoms with Gasteiger partial charge in [-0.3, -0.25) is 0 Å². The minimum absolute atomic E-state index is 0.421. The van der Waals surface area contributed by atoms with E-state index in [0.717, 1.165) is 6.42 Å². The van der Waals surface area contributed by atoms with Crippen LogP contribution in [0.5, 0.6) is 0 Å². The maximum Gasteiger partial charge on any atom is 0.330 e. The molecule has 2 heteroatoms. The monoisotopic (exact) mass is 250 g/mol. The van der Waals surface area contributed by atoms with Gasteiger partial charge in [0.05, 0.1) is 0 Å². The third kappa shape index (κ3) is 4.01. The predicted molar refractivity (Wildman–Crippen MR) is 75.4 cm³/mol. The molecule has 0 heterocycles. The summed E-state index contributed by atoms with van der Waals surface area (Å²) in [5.41, 5.74) is 0.492. The van der Waals surface area contributed by atoms with Crippen molar-refractivity contribution in [3.63, 3.8) is 0 Å². The van der Waals surface area contributed by atoms with Gasteiger partial charge in [0, 0.05) is 5.57 Å². The molecule has 0 saturated heterocycles. The lowest BCUT2D eigenvalue weighted by Gasteiger charge is -2.36. The number of carboxylic acid groups (broad SMARTS) is 1. The Morgan fingerprint density at radius 3 is 2.61 bits per heavy atom. The van der Waals surface area contributed by atoms with Crippen LogP contribution < -0.4 is 0 Å². The van der Waals surface area contributed by atoms with Crippen LogP contribution in [0, 0.1) is 17.8 Å². The zero-order valence-corrected chi connectivity index (χ0v) is 11.7. The van der Waals surface area contributed by atoms with Gasteiger partial charge in [-0.15, -0.1) is 6.58 Å². The molecule has 1 aliphatic carbocycles. The van der Waals surface area contributed by atoms with E-state index in [1.807, 2.05) is 6.08 Å². The third-order valence-electron chi connectivity index (χ3n) is 4.17. The highest BCUT2D eigenvalue weighted by Gasteiger charge is 2.30. The second-order valence-electron chi connectivity index (χ2n) is 5.46. The smallest absolute Gasteiger partial charge is 0.330 e. The van der Waals surface area contributed by atoms with Gasteiger partial charge in [0.15, 0.2) is 0 Å². The van der Waals surface area contributed by atoms with E-state index in [2.05, 4.69) is 19.6 Å². The van der Waals surface area contributed by atoms with Crippen LogP contribution in [0.25, 0.3) is 0 Å². The van der Waals surface area contributed by atoms with Crippen LogP contribution in [0.15, 0.2) is 24.3 Å². The first-order valence-electron chi connectivity index (χ1n) is 7.14. The second kappa shape index (κ2) is 7.40.